The zero-order valence-electron chi connectivity index (χ0n) is 50.3. The second-order valence-corrected chi connectivity index (χ2v) is 19.8. The van der Waals surface area contributed by atoms with E-state index >= 15 is 0 Å². The van der Waals surface area contributed by atoms with Gasteiger partial charge in [-0.2, -0.15) is 0 Å². The largest absolute Gasteiger partial charge is 0.462 e. The van der Waals surface area contributed by atoms with E-state index in [1.54, 1.807) is 0 Å². The molecule has 79 heavy (non-hydrogen) atoms. The topological polar surface area (TPSA) is 78.9 Å². The summed E-state index contributed by atoms with van der Waals surface area (Å²) in [4.78, 5) is 38.4. The maximum absolute atomic E-state index is 12.9. The highest BCUT2D eigenvalue weighted by Gasteiger charge is 2.19. The summed E-state index contributed by atoms with van der Waals surface area (Å²) in [5.74, 6) is -0.996. The van der Waals surface area contributed by atoms with Crippen LogP contribution in [-0.4, -0.2) is 37.2 Å². The van der Waals surface area contributed by atoms with E-state index in [2.05, 4.69) is 203 Å². The smallest absolute Gasteiger partial charge is 0.306 e. The van der Waals surface area contributed by atoms with E-state index in [1.165, 1.54) is 12.8 Å². The molecule has 6 nitrogen and oxygen atoms in total. The third kappa shape index (κ3) is 63.2. The predicted molar refractivity (Wildman–Crippen MR) is 343 cm³/mol. The molecule has 0 N–H and O–H groups in total. The third-order valence-electron chi connectivity index (χ3n) is 12.4. The van der Waals surface area contributed by atoms with Crippen LogP contribution in [0.4, 0.5) is 0 Å². The van der Waals surface area contributed by atoms with Crippen molar-refractivity contribution < 1.29 is 28.6 Å². The molecule has 0 heterocycles. The van der Waals surface area contributed by atoms with Crippen molar-refractivity contribution in [2.24, 2.45) is 0 Å². The van der Waals surface area contributed by atoms with E-state index in [0.29, 0.717) is 19.3 Å². The number of hydrogen-bond acceptors (Lipinski definition) is 6. The van der Waals surface area contributed by atoms with Crippen LogP contribution in [0.25, 0.3) is 0 Å². The Morgan fingerprint density at radius 2 is 0.456 bits per heavy atom. The molecule has 0 amide bonds. The average Bonchev–Trinajstić information content (AvgIpc) is 3.45. The molecule has 6 heteroatoms. The van der Waals surface area contributed by atoms with Gasteiger partial charge in [-0.05, 0) is 154 Å². The summed E-state index contributed by atoms with van der Waals surface area (Å²) in [5.41, 5.74) is 0. The molecule has 0 aromatic heterocycles. The van der Waals surface area contributed by atoms with E-state index in [0.717, 1.165) is 180 Å². The van der Waals surface area contributed by atoms with Crippen molar-refractivity contribution in [2.45, 2.75) is 245 Å². The molecule has 440 valence electrons. The van der Waals surface area contributed by atoms with Gasteiger partial charge in [0.15, 0.2) is 6.10 Å². The van der Waals surface area contributed by atoms with Crippen molar-refractivity contribution in [3.63, 3.8) is 0 Å². The van der Waals surface area contributed by atoms with Crippen LogP contribution in [0.5, 0.6) is 0 Å². The Bertz CT molecular complexity index is 1870. The minimum absolute atomic E-state index is 0.117. The van der Waals surface area contributed by atoms with Crippen LogP contribution in [0, 0.1) is 0 Å². The lowest BCUT2D eigenvalue weighted by atomic mass is 10.1. The van der Waals surface area contributed by atoms with E-state index in [4.69, 9.17) is 14.2 Å². The van der Waals surface area contributed by atoms with Gasteiger partial charge in [-0.15, -0.1) is 0 Å². The quantitative estimate of drug-likeness (QED) is 0.0261. The van der Waals surface area contributed by atoms with Gasteiger partial charge in [0, 0.05) is 19.3 Å². The maximum Gasteiger partial charge on any atom is 0.306 e. The van der Waals surface area contributed by atoms with Crippen molar-refractivity contribution >= 4 is 17.9 Å². The molecule has 0 aliphatic rings. The summed E-state index contributed by atoms with van der Waals surface area (Å²) in [7, 11) is 0. The van der Waals surface area contributed by atoms with Crippen LogP contribution in [0.1, 0.15) is 239 Å². The lowest BCUT2D eigenvalue weighted by molar-refractivity contribution is -0.167. The van der Waals surface area contributed by atoms with Crippen molar-refractivity contribution in [1.82, 2.24) is 0 Å². The molecule has 0 aliphatic carbocycles. The third-order valence-corrected chi connectivity index (χ3v) is 12.4. The zero-order chi connectivity index (χ0) is 57.1. The van der Waals surface area contributed by atoms with E-state index in [9.17, 15) is 14.4 Å². The number of ether oxygens (including phenoxy) is 3. The molecule has 1 unspecified atom stereocenters. The Hall–Kier alpha value is -5.49. The SMILES string of the molecule is CC/C=C\C/C=C\C/C=C\C/C=C\C/C=C\C/C=C\CCCCCCC(=O)OCC(COC(=O)CCCCCCCC/C=C\C/C=C\C/C=C\C/C=C\CC)OC(=O)CCCCC/C=C\C/C=C\C/C=C\C/C=C\C/C=C\CC. The van der Waals surface area contributed by atoms with E-state index in [1.807, 2.05) is 0 Å². The van der Waals surface area contributed by atoms with Gasteiger partial charge in [-0.3, -0.25) is 14.4 Å². The fraction of sp³-hybridized carbons (Fsp3) is 0.548. The van der Waals surface area contributed by atoms with Gasteiger partial charge in [0.05, 0.1) is 0 Å². The highest BCUT2D eigenvalue weighted by molar-refractivity contribution is 5.71. The van der Waals surface area contributed by atoms with E-state index < -0.39 is 6.10 Å². The van der Waals surface area contributed by atoms with Gasteiger partial charge in [0.1, 0.15) is 13.2 Å². The fourth-order valence-electron chi connectivity index (χ4n) is 7.81. The first-order chi connectivity index (χ1) is 39.0. The summed E-state index contributed by atoms with van der Waals surface area (Å²) in [6.07, 6.45) is 97.4. The summed E-state index contributed by atoms with van der Waals surface area (Å²) in [6, 6.07) is 0. The number of carbonyl (C=O) groups excluding carboxylic acids is 3. The molecule has 0 aromatic rings. The monoisotopic (exact) mass is 1080 g/mol. The lowest BCUT2D eigenvalue weighted by Crippen LogP contribution is -2.30. The molecular formula is C73H112O6. The lowest BCUT2D eigenvalue weighted by Gasteiger charge is -2.18. The van der Waals surface area contributed by atoms with Gasteiger partial charge in [-0.1, -0.05) is 248 Å². The molecule has 0 aromatic carbocycles. The van der Waals surface area contributed by atoms with Crippen LogP contribution in [0.3, 0.4) is 0 Å². The van der Waals surface area contributed by atoms with Crippen LogP contribution >= 0.6 is 0 Å². The first kappa shape index (κ1) is 73.5. The second kappa shape index (κ2) is 65.0. The molecule has 0 bridgehead atoms. The summed E-state index contributed by atoms with van der Waals surface area (Å²) in [5, 5.41) is 0. The Morgan fingerprint density at radius 1 is 0.253 bits per heavy atom. The Balaban J connectivity index is 4.57. The van der Waals surface area contributed by atoms with Gasteiger partial charge >= 0.3 is 17.9 Å². The van der Waals surface area contributed by atoms with Crippen molar-refractivity contribution in [3.05, 3.63) is 182 Å². The Labute approximate surface area is 484 Å². The van der Waals surface area contributed by atoms with Crippen LogP contribution in [0.15, 0.2) is 182 Å². The zero-order valence-corrected chi connectivity index (χ0v) is 50.3. The van der Waals surface area contributed by atoms with Gasteiger partial charge in [0.25, 0.3) is 0 Å². The predicted octanol–water partition coefficient (Wildman–Crippen LogP) is 21.7. The van der Waals surface area contributed by atoms with Crippen LogP contribution < -0.4 is 0 Å². The number of rotatable bonds is 54. The molecule has 1 atom stereocenters. The first-order valence-corrected chi connectivity index (χ1v) is 31.3. The molecular weight excluding hydrogens is 973 g/mol. The molecule has 0 rings (SSSR count). The number of carbonyl (C=O) groups is 3. The van der Waals surface area contributed by atoms with Gasteiger partial charge in [0.2, 0.25) is 0 Å². The standard InChI is InChI=1S/C73H112O6/c1-4-7-10-13-16-19-22-25-28-31-34-35-36-37-40-42-45-48-51-54-57-60-63-66-72(75)78-69-70(79-73(76)67-64-61-58-55-52-49-46-43-39-33-30-27-24-21-18-15-12-9-6-3)68-77-71(74)65-62-59-56-53-50-47-44-41-38-32-29-26-23-20-17-14-11-8-5-2/h7-12,16-21,25-30,34-35,37-41,43,45,48-49,52,70H,4-6,13-15,22-24,31-33,36,42,44,46-47,50-51,53-69H2,1-3H3/b10-7-,11-8-,12-9-,19-16-,20-17-,21-18-,28-25-,29-26-,30-27-,35-34-,40-37-,41-38-,43-39-,48-45-,52-49-. The highest BCUT2D eigenvalue weighted by Crippen LogP contribution is 2.13. The highest BCUT2D eigenvalue weighted by atomic mass is 16.6. The number of allylic oxidation sites excluding steroid dienone is 30. The van der Waals surface area contributed by atoms with Crippen LogP contribution in [-0.2, 0) is 28.6 Å². The number of esters is 3. The maximum atomic E-state index is 12.9. The summed E-state index contributed by atoms with van der Waals surface area (Å²) in [6.45, 7) is 6.23. The Kier molecular flexibility index (Phi) is 60.5. The van der Waals surface area contributed by atoms with Crippen molar-refractivity contribution in [3.8, 4) is 0 Å². The minimum atomic E-state index is -0.826. The van der Waals surface area contributed by atoms with Crippen molar-refractivity contribution in [2.75, 3.05) is 13.2 Å². The fourth-order valence-corrected chi connectivity index (χ4v) is 7.81. The summed E-state index contributed by atoms with van der Waals surface area (Å²) >= 11 is 0. The molecule has 0 aliphatic heterocycles. The second-order valence-electron chi connectivity index (χ2n) is 19.8. The minimum Gasteiger partial charge on any atom is -0.462 e. The number of hydrogen-bond donors (Lipinski definition) is 0. The molecule has 0 saturated carbocycles. The molecule has 0 spiro atoms. The molecule has 0 radical (unpaired) electrons. The summed E-state index contributed by atoms with van der Waals surface area (Å²) < 4.78 is 16.9. The Morgan fingerprint density at radius 3 is 0.722 bits per heavy atom. The van der Waals surface area contributed by atoms with E-state index in [-0.39, 0.29) is 37.5 Å². The molecule has 0 saturated heterocycles. The van der Waals surface area contributed by atoms with Crippen molar-refractivity contribution in [1.29, 1.82) is 0 Å². The van der Waals surface area contributed by atoms with Gasteiger partial charge < -0.3 is 14.2 Å². The number of unbranched alkanes of at least 4 members (excludes halogenated alkanes) is 13. The normalized spacial score (nSPS) is 13.4. The molecule has 0 fully saturated rings. The average molecular weight is 1090 g/mol. The van der Waals surface area contributed by atoms with Crippen LogP contribution in [0.2, 0.25) is 0 Å². The first-order valence-electron chi connectivity index (χ1n) is 31.3. The van der Waals surface area contributed by atoms with Gasteiger partial charge in [-0.25, -0.2) is 0 Å².